The van der Waals surface area contributed by atoms with E-state index in [-0.39, 0.29) is 10.6 Å². The van der Waals surface area contributed by atoms with Crippen molar-refractivity contribution >= 4 is 33.5 Å². The molecule has 2 aromatic carbocycles. The van der Waals surface area contributed by atoms with Gasteiger partial charge in [-0.05, 0) is 57.2 Å². The van der Waals surface area contributed by atoms with Gasteiger partial charge in [-0.15, -0.1) is 0 Å². The number of aromatic hydroxyl groups is 1. The Morgan fingerprint density at radius 2 is 1.88 bits per heavy atom. The van der Waals surface area contributed by atoms with Crippen molar-refractivity contribution in [3.05, 3.63) is 53.1 Å². The van der Waals surface area contributed by atoms with E-state index in [2.05, 4.69) is 9.71 Å². The highest BCUT2D eigenvalue weighted by Gasteiger charge is 2.21. The highest BCUT2D eigenvalue weighted by molar-refractivity contribution is 7.89. The molecular formula is C17H19ClN2O3S. The zero-order chi connectivity index (χ0) is 18.0. The van der Waals surface area contributed by atoms with Crippen molar-refractivity contribution in [2.45, 2.75) is 31.2 Å². The lowest BCUT2D eigenvalue weighted by Gasteiger charge is -2.20. The van der Waals surface area contributed by atoms with Crippen molar-refractivity contribution in [2.75, 3.05) is 0 Å². The maximum Gasteiger partial charge on any atom is 0.241 e. The van der Waals surface area contributed by atoms with Crippen LogP contribution in [0.25, 0.3) is 0 Å². The summed E-state index contributed by atoms with van der Waals surface area (Å²) in [7, 11) is -3.63. The summed E-state index contributed by atoms with van der Waals surface area (Å²) in [6, 6.07) is 10.9. The molecule has 0 aliphatic rings. The van der Waals surface area contributed by atoms with E-state index in [1.165, 1.54) is 24.4 Å². The fourth-order valence-corrected chi connectivity index (χ4v) is 3.60. The second-order valence-electron chi connectivity index (χ2n) is 6.31. The summed E-state index contributed by atoms with van der Waals surface area (Å²) in [4.78, 5) is 4.34. The van der Waals surface area contributed by atoms with Crippen LogP contribution < -0.4 is 4.72 Å². The van der Waals surface area contributed by atoms with Gasteiger partial charge in [0, 0.05) is 22.3 Å². The third kappa shape index (κ3) is 5.06. The van der Waals surface area contributed by atoms with E-state index in [4.69, 9.17) is 11.6 Å². The molecule has 2 aromatic rings. The minimum absolute atomic E-state index is 0.0429. The minimum atomic E-state index is -3.63. The molecule has 0 amide bonds. The number of nitrogens with zero attached hydrogens (tertiary/aromatic N) is 1. The second kappa shape index (κ2) is 6.93. The van der Waals surface area contributed by atoms with Gasteiger partial charge in [0.15, 0.2) is 0 Å². The van der Waals surface area contributed by atoms with Crippen LogP contribution >= 0.6 is 11.6 Å². The van der Waals surface area contributed by atoms with E-state index in [9.17, 15) is 13.5 Å². The Labute approximate surface area is 147 Å². The third-order valence-corrected chi connectivity index (χ3v) is 4.90. The van der Waals surface area contributed by atoms with Crippen LogP contribution in [-0.4, -0.2) is 25.3 Å². The molecule has 0 spiro atoms. The van der Waals surface area contributed by atoms with Crippen LogP contribution in [0.15, 0.2) is 52.4 Å². The molecule has 7 heteroatoms. The van der Waals surface area contributed by atoms with Crippen molar-refractivity contribution < 1.29 is 13.5 Å². The molecular weight excluding hydrogens is 348 g/mol. The molecule has 0 saturated heterocycles. The van der Waals surface area contributed by atoms with E-state index >= 15 is 0 Å². The molecule has 24 heavy (non-hydrogen) atoms. The molecule has 0 atom stereocenters. The van der Waals surface area contributed by atoms with Gasteiger partial charge in [-0.2, -0.15) is 0 Å². The smallest absolute Gasteiger partial charge is 0.241 e. The first-order chi connectivity index (χ1) is 11.1. The molecule has 5 nitrogen and oxygen atoms in total. The first kappa shape index (κ1) is 18.4. The highest BCUT2D eigenvalue weighted by Crippen LogP contribution is 2.22. The zero-order valence-electron chi connectivity index (χ0n) is 13.6. The average Bonchev–Trinajstić information content (AvgIpc) is 2.46. The number of hydrogen-bond donors (Lipinski definition) is 2. The lowest BCUT2D eigenvalue weighted by Crippen LogP contribution is -2.40. The standard InChI is InChI=1S/C17H19ClN2O3S/c1-17(2,3)20-24(22,23)15-6-4-5-14(10-15)19-11-12-9-13(18)7-8-16(12)21/h4-11,20-21H,1-3H3. The number of phenols is 1. The molecule has 0 unspecified atom stereocenters. The first-order valence-corrected chi connectivity index (χ1v) is 9.10. The van der Waals surface area contributed by atoms with E-state index in [1.807, 2.05) is 0 Å². The minimum Gasteiger partial charge on any atom is -0.507 e. The van der Waals surface area contributed by atoms with E-state index in [0.717, 1.165) is 0 Å². The summed E-state index contributed by atoms with van der Waals surface area (Å²) in [5.74, 6) is 0.0429. The third-order valence-electron chi connectivity index (χ3n) is 2.91. The quantitative estimate of drug-likeness (QED) is 0.806. The van der Waals surface area contributed by atoms with Crippen LogP contribution in [0.1, 0.15) is 26.3 Å². The fraction of sp³-hybridized carbons (Fsp3) is 0.235. The Morgan fingerprint density at radius 1 is 1.17 bits per heavy atom. The molecule has 0 bridgehead atoms. The van der Waals surface area contributed by atoms with Gasteiger partial charge in [-0.25, -0.2) is 13.1 Å². The number of sulfonamides is 1. The molecule has 0 aromatic heterocycles. The van der Waals surface area contributed by atoms with Gasteiger partial charge in [0.2, 0.25) is 10.0 Å². The van der Waals surface area contributed by atoms with E-state index in [1.54, 1.807) is 45.0 Å². The van der Waals surface area contributed by atoms with E-state index in [0.29, 0.717) is 16.3 Å². The van der Waals surface area contributed by atoms with Crippen molar-refractivity contribution in [1.82, 2.24) is 4.72 Å². The number of rotatable bonds is 4. The van der Waals surface area contributed by atoms with Crippen LogP contribution in [0.3, 0.4) is 0 Å². The van der Waals surface area contributed by atoms with Crippen LogP contribution in [0.2, 0.25) is 5.02 Å². The summed E-state index contributed by atoms with van der Waals surface area (Å²) < 4.78 is 27.3. The van der Waals surface area contributed by atoms with Crippen LogP contribution in [0.4, 0.5) is 5.69 Å². The Bertz CT molecular complexity index is 872. The number of benzene rings is 2. The van der Waals surface area contributed by atoms with Gasteiger partial charge in [0.1, 0.15) is 5.75 Å². The summed E-state index contributed by atoms with van der Waals surface area (Å²) in [5.41, 5.74) is 0.319. The first-order valence-electron chi connectivity index (χ1n) is 7.23. The van der Waals surface area contributed by atoms with Crippen molar-refractivity contribution in [3.63, 3.8) is 0 Å². The van der Waals surface area contributed by atoms with Crippen LogP contribution in [-0.2, 0) is 10.0 Å². The zero-order valence-corrected chi connectivity index (χ0v) is 15.2. The summed E-state index contributed by atoms with van der Waals surface area (Å²) >= 11 is 5.88. The van der Waals surface area contributed by atoms with Crippen LogP contribution in [0, 0.1) is 0 Å². The lowest BCUT2D eigenvalue weighted by molar-refractivity contribution is 0.474. The Hall–Kier alpha value is -1.89. The number of aliphatic imine (C=N–C) groups is 1. The molecule has 2 rings (SSSR count). The summed E-state index contributed by atoms with van der Waals surface area (Å²) in [5, 5.41) is 10.2. The van der Waals surface area contributed by atoms with Crippen molar-refractivity contribution in [2.24, 2.45) is 4.99 Å². The van der Waals surface area contributed by atoms with Crippen molar-refractivity contribution in [1.29, 1.82) is 0 Å². The highest BCUT2D eigenvalue weighted by atomic mass is 35.5. The van der Waals surface area contributed by atoms with Crippen LogP contribution in [0.5, 0.6) is 5.75 Å². The number of nitrogens with one attached hydrogen (secondary N) is 1. The molecule has 2 N–H and O–H groups in total. The maximum absolute atomic E-state index is 12.4. The van der Waals surface area contributed by atoms with Crippen molar-refractivity contribution in [3.8, 4) is 5.75 Å². The fourth-order valence-electron chi connectivity index (χ4n) is 1.97. The second-order valence-corrected chi connectivity index (χ2v) is 8.43. The van der Waals surface area contributed by atoms with Gasteiger partial charge in [-0.1, -0.05) is 17.7 Å². The summed E-state index contributed by atoms with van der Waals surface area (Å²) in [6.45, 7) is 5.32. The van der Waals surface area contributed by atoms with Gasteiger partial charge in [0.25, 0.3) is 0 Å². The molecule has 0 heterocycles. The largest absolute Gasteiger partial charge is 0.507 e. The summed E-state index contributed by atoms with van der Waals surface area (Å²) in [6.07, 6.45) is 1.43. The maximum atomic E-state index is 12.4. The number of hydrogen-bond acceptors (Lipinski definition) is 4. The molecule has 128 valence electrons. The monoisotopic (exact) mass is 366 g/mol. The number of phenolic OH excluding ortho intramolecular Hbond substituents is 1. The Morgan fingerprint density at radius 3 is 2.54 bits per heavy atom. The topological polar surface area (TPSA) is 78.8 Å². The Kier molecular flexibility index (Phi) is 5.32. The molecule has 0 radical (unpaired) electrons. The number of halogens is 1. The normalized spacial score (nSPS) is 12.7. The molecule has 0 saturated carbocycles. The van der Waals surface area contributed by atoms with Gasteiger partial charge in [0.05, 0.1) is 10.6 Å². The predicted molar refractivity (Wildman–Crippen MR) is 96.9 cm³/mol. The van der Waals surface area contributed by atoms with Gasteiger partial charge in [-0.3, -0.25) is 4.99 Å². The Balaban J connectivity index is 2.31. The van der Waals surface area contributed by atoms with E-state index < -0.39 is 15.6 Å². The lowest BCUT2D eigenvalue weighted by atomic mass is 10.1. The van der Waals surface area contributed by atoms with Gasteiger partial charge >= 0.3 is 0 Å². The predicted octanol–water partition coefficient (Wildman–Crippen LogP) is 3.87. The molecule has 0 aliphatic carbocycles. The average molecular weight is 367 g/mol. The molecule has 0 aliphatic heterocycles. The van der Waals surface area contributed by atoms with Gasteiger partial charge < -0.3 is 5.11 Å². The molecule has 0 fully saturated rings. The SMILES string of the molecule is CC(C)(C)NS(=O)(=O)c1cccc(N=Cc2cc(Cl)ccc2O)c1.